The van der Waals surface area contributed by atoms with Crippen LogP contribution in [-0.2, 0) is 16.6 Å². The number of aromatic nitrogens is 2. The van der Waals surface area contributed by atoms with Gasteiger partial charge < -0.3 is 4.74 Å². The Morgan fingerprint density at radius 2 is 2.00 bits per heavy atom. The highest BCUT2D eigenvalue weighted by Crippen LogP contribution is 2.26. The Hall–Kier alpha value is -1.81. The second kappa shape index (κ2) is 7.61. The minimum Gasteiger partial charge on any atom is -0.481 e. The molecule has 0 aliphatic rings. The molecule has 0 radical (unpaired) electrons. The van der Waals surface area contributed by atoms with Crippen molar-refractivity contribution in [1.29, 1.82) is 0 Å². The van der Waals surface area contributed by atoms with Gasteiger partial charge in [0.2, 0.25) is 5.88 Å². The number of nitrogens with one attached hydrogen (secondary N) is 1. The molecule has 1 N–H and O–H groups in total. The maximum Gasteiger partial charge on any atom is 0.259 e. The molecular formula is C16H14BrN3O3S2. The van der Waals surface area contributed by atoms with E-state index in [4.69, 9.17) is 4.74 Å². The number of methoxy groups -OCH3 is 1. The monoisotopic (exact) mass is 439 g/mol. The second-order valence-corrected chi connectivity index (χ2v) is 8.52. The molecule has 3 aromatic rings. The fourth-order valence-corrected chi connectivity index (χ4v) is 4.41. The van der Waals surface area contributed by atoms with Crippen LogP contribution in [-0.4, -0.2) is 25.5 Å². The summed E-state index contributed by atoms with van der Waals surface area (Å²) in [7, 11) is -2.19. The topological polar surface area (TPSA) is 81.2 Å². The number of halogens is 1. The smallest absolute Gasteiger partial charge is 0.259 e. The highest BCUT2D eigenvalue weighted by molar-refractivity contribution is 9.10. The molecule has 0 aliphatic carbocycles. The first-order valence-corrected chi connectivity index (χ1v) is 10.3. The zero-order chi connectivity index (χ0) is 17.9. The molecule has 0 bridgehead atoms. The Labute approximate surface area is 158 Å². The molecule has 130 valence electrons. The summed E-state index contributed by atoms with van der Waals surface area (Å²) in [6.45, 7) is 0.131. The van der Waals surface area contributed by atoms with Crippen LogP contribution >= 0.6 is 27.3 Å². The number of nitrogens with zero attached hydrogens (tertiary/aromatic N) is 2. The number of hydrogen-bond donors (Lipinski definition) is 1. The quantitative estimate of drug-likeness (QED) is 0.635. The Morgan fingerprint density at radius 1 is 1.24 bits per heavy atom. The molecular weight excluding hydrogens is 426 g/mol. The summed E-state index contributed by atoms with van der Waals surface area (Å²) >= 11 is 4.66. The molecule has 2 heterocycles. The molecule has 3 rings (SSSR count). The first-order valence-electron chi connectivity index (χ1n) is 7.18. The van der Waals surface area contributed by atoms with E-state index in [0.717, 1.165) is 15.6 Å². The van der Waals surface area contributed by atoms with Crippen molar-refractivity contribution in [2.75, 3.05) is 7.11 Å². The van der Waals surface area contributed by atoms with Crippen molar-refractivity contribution in [2.24, 2.45) is 0 Å². The van der Waals surface area contributed by atoms with E-state index >= 15 is 0 Å². The van der Waals surface area contributed by atoms with E-state index in [1.807, 2.05) is 24.3 Å². The van der Waals surface area contributed by atoms with E-state index in [9.17, 15) is 8.42 Å². The van der Waals surface area contributed by atoms with Crippen molar-refractivity contribution in [3.8, 4) is 16.5 Å². The van der Waals surface area contributed by atoms with Gasteiger partial charge in [-0.2, -0.15) is 0 Å². The van der Waals surface area contributed by atoms with Gasteiger partial charge in [-0.1, -0.05) is 28.1 Å². The van der Waals surface area contributed by atoms with Crippen LogP contribution in [0.1, 0.15) is 5.56 Å². The number of rotatable bonds is 6. The van der Waals surface area contributed by atoms with Gasteiger partial charge in [-0.3, -0.25) is 0 Å². The number of sulfonamides is 1. The second-order valence-electron chi connectivity index (χ2n) is 5.03. The highest BCUT2D eigenvalue weighted by Gasteiger charge is 2.18. The van der Waals surface area contributed by atoms with Gasteiger partial charge in [-0.15, -0.1) is 11.3 Å². The highest BCUT2D eigenvalue weighted by atomic mass is 79.9. The molecule has 0 saturated heterocycles. The first-order chi connectivity index (χ1) is 12.0. The maximum absolute atomic E-state index is 12.4. The Kier molecular flexibility index (Phi) is 5.48. The van der Waals surface area contributed by atoms with Crippen molar-refractivity contribution in [2.45, 2.75) is 11.6 Å². The minimum atomic E-state index is -3.69. The van der Waals surface area contributed by atoms with E-state index < -0.39 is 10.0 Å². The van der Waals surface area contributed by atoms with Crippen LogP contribution in [0.15, 0.2) is 57.5 Å². The molecule has 1 aromatic carbocycles. The summed E-state index contributed by atoms with van der Waals surface area (Å²) in [5.74, 6) is 0.433. The van der Waals surface area contributed by atoms with E-state index in [0.29, 0.717) is 10.9 Å². The number of pyridine rings is 1. The van der Waals surface area contributed by atoms with Crippen molar-refractivity contribution >= 4 is 37.3 Å². The standard InChI is InChI=1S/C16H14BrN3O3S2/c1-23-14-8-11(6-7-18-14)9-19-25(21,22)15-10-24-16(20-15)12-2-4-13(17)5-3-12/h2-8,10,19H,9H2,1H3. The van der Waals surface area contributed by atoms with Gasteiger partial charge >= 0.3 is 0 Å². The average molecular weight is 440 g/mol. The van der Waals surface area contributed by atoms with Crippen LogP contribution in [0.5, 0.6) is 5.88 Å². The van der Waals surface area contributed by atoms with Crippen LogP contribution in [0, 0.1) is 0 Å². The first kappa shape index (κ1) is 18.0. The number of ether oxygens (including phenoxy) is 1. The maximum atomic E-state index is 12.4. The summed E-state index contributed by atoms with van der Waals surface area (Å²) in [4.78, 5) is 8.23. The summed E-state index contributed by atoms with van der Waals surface area (Å²) in [6.07, 6.45) is 1.57. The fourth-order valence-electron chi connectivity index (χ4n) is 2.03. The predicted molar refractivity (Wildman–Crippen MR) is 100 cm³/mol. The van der Waals surface area contributed by atoms with Gasteiger partial charge in [-0.05, 0) is 23.8 Å². The lowest BCUT2D eigenvalue weighted by atomic mass is 10.2. The molecule has 2 aromatic heterocycles. The van der Waals surface area contributed by atoms with Gasteiger partial charge in [0.25, 0.3) is 10.0 Å². The molecule has 0 fully saturated rings. The van der Waals surface area contributed by atoms with Crippen LogP contribution < -0.4 is 9.46 Å². The lowest BCUT2D eigenvalue weighted by Crippen LogP contribution is -2.23. The third-order valence-electron chi connectivity index (χ3n) is 3.32. The lowest BCUT2D eigenvalue weighted by Gasteiger charge is -2.05. The molecule has 0 spiro atoms. The van der Waals surface area contributed by atoms with Crippen LogP contribution in [0.25, 0.3) is 10.6 Å². The van der Waals surface area contributed by atoms with Gasteiger partial charge in [0.1, 0.15) is 5.01 Å². The zero-order valence-corrected chi connectivity index (χ0v) is 16.4. The fraction of sp³-hybridized carbons (Fsp3) is 0.125. The van der Waals surface area contributed by atoms with Gasteiger partial charge in [0.15, 0.2) is 5.03 Å². The number of benzene rings is 1. The van der Waals surface area contributed by atoms with Gasteiger partial charge in [0, 0.05) is 34.2 Å². The Balaban J connectivity index is 1.75. The molecule has 25 heavy (non-hydrogen) atoms. The Morgan fingerprint density at radius 3 is 2.72 bits per heavy atom. The SMILES string of the molecule is COc1cc(CNS(=O)(=O)c2csc(-c3ccc(Br)cc3)n2)ccn1. The van der Waals surface area contributed by atoms with Crippen molar-refractivity contribution in [3.05, 3.63) is 58.0 Å². The van der Waals surface area contributed by atoms with Crippen LogP contribution in [0.4, 0.5) is 0 Å². The summed E-state index contributed by atoms with van der Waals surface area (Å²) in [6, 6.07) is 10.9. The van der Waals surface area contributed by atoms with Crippen LogP contribution in [0.2, 0.25) is 0 Å². The molecule has 0 unspecified atom stereocenters. The number of thiazole rings is 1. The number of hydrogen-bond acceptors (Lipinski definition) is 6. The summed E-state index contributed by atoms with van der Waals surface area (Å²) in [5, 5.41) is 2.20. The van der Waals surface area contributed by atoms with E-state index in [1.165, 1.54) is 23.8 Å². The lowest BCUT2D eigenvalue weighted by molar-refractivity contribution is 0.397. The molecule has 0 aliphatic heterocycles. The van der Waals surface area contributed by atoms with Gasteiger partial charge in [0.05, 0.1) is 7.11 Å². The molecule has 0 saturated carbocycles. The van der Waals surface area contributed by atoms with E-state index in [-0.39, 0.29) is 11.6 Å². The Bertz CT molecular complexity index is 972. The largest absolute Gasteiger partial charge is 0.481 e. The third-order valence-corrected chi connectivity index (χ3v) is 6.18. The molecule has 9 heteroatoms. The van der Waals surface area contributed by atoms with Crippen molar-refractivity contribution < 1.29 is 13.2 Å². The van der Waals surface area contributed by atoms with Crippen molar-refractivity contribution in [3.63, 3.8) is 0 Å². The van der Waals surface area contributed by atoms with Crippen molar-refractivity contribution in [1.82, 2.24) is 14.7 Å². The summed E-state index contributed by atoms with van der Waals surface area (Å²) in [5.41, 5.74) is 1.62. The van der Waals surface area contributed by atoms with E-state index in [1.54, 1.807) is 18.3 Å². The normalized spacial score (nSPS) is 11.4. The minimum absolute atomic E-state index is 0.0106. The summed E-state index contributed by atoms with van der Waals surface area (Å²) < 4.78 is 33.4. The van der Waals surface area contributed by atoms with Crippen LogP contribution in [0.3, 0.4) is 0 Å². The average Bonchev–Trinajstić information content (AvgIpc) is 3.12. The van der Waals surface area contributed by atoms with Gasteiger partial charge in [-0.25, -0.2) is 23.1 Å². The molecule has 6 nitrogen and oxygen atoms in total. The zero-order valence-electron chi connectivity index (χ0n) is 13.1. The molecule has 0 atom stereocenters. The third kappa shape index (κ3) is 4.43. The van der Waals surface area contributed by atoms with E-state index in [2.05, 4.69) is 30.6 Å². The predicted octanol–water partition coefficient (Wildman–Crippen LogP) is 3.45. The molecule has 0 amide bonds.